The highest BCUT2D eigenvalue weighted by Crippen LogP contribution is 2.28. The molecule has 0 fully saturated rings. The second-order valence-electron chi connectivity index (χ2n) is 6.05. The fourth-order valence-electron chi connectivity index (χ4n) is 2.36. The van der Waals surface area contributed by atoms with E-state index in [0.717, 1.165) is 12.0 Å². The molecule has 0 spiro atoms. The fourth-order valence-corrected chi connectivity index (χ4v) is 3.31. The van der Waals surface area contributed by atoms with E-state index in [-0.39, 0.29) is 16.7 Å². The topological polar surface area (TPSA) is 72.5 Å². The number of amides is 1. The molecule has 0 aliphatic rings. The minimum atomic E-state index is -3.94. The third-order valence-electron chi connectivity index (χ3n) is 3.64. The van der Waals surface area contributed by atoms with Gasteiger partial charge in [-0.2, -0.15) is 8.42 Å². The van der Waals surface area contributed by atoms with Crippen molar-refractivity contribution in [3.63, 3.8) is 0 Å². The molecule has 1 N–H and O–H groups in total. The summed E-state index contributed by atoms with van der Waals surface area (Å²) in [6, 6.07) is 13.0. The summed E-state index contributed by atoms with van der Waals surface area (Å²) in [4.78, 5) is 11.6. The highest BCUT2D eigenvalue weighted by atomic mass is 32.2. The van der Waals surface area contributed by atoms with Gasteiger partial charge in [0.15, 0.2) is 0 Å². The monoisotopic (exact) mass is 361 g/mol. The van der Waals surface area contributed by atoms with Gasteiger partial charge < -0.3 is 9.50 Å². The van der Waals surface area contributed by atoms with Crippen LogP contribution in [0.25, 0.3) is 0 Å². The van der Waals surface area contributed by atoms with Gasteiger partial charge in [-0.3, -0.25) is 4.79 Å². The van der Waals surface area contributed by atoms with Crippen molar-refractivity contribution >= 4 is 21.7 Å². The van der Waals surface area contributed by atoms with Gasteiger partial charge in [-0.05, 0) is 48.2 Å². The summed E-state index contributed by atoms with van der Waals surface area (Å²) in [6.07, 6.45) is 1.18. The van der Waals surface area contributed by atoms with Crippen molar-refractivity contribution in [3.8, 4) is 5.75 Å². The molecule has 0 aliphatic heterocycles. The summed E-state index contributed by atoms with van der Waals surface area (Å²) < 4.78 is 30.3. The lowest BCUT2D eigenvalue weighted by Gasteiger charge is -2.14. The van der Waals surface area contributed by atoms with Crippen molar-refractivity contribution in [1.82, 2.24) is 0 Å². The predicted molar refractivity (Wildman–Crippen MR) is 98.3 cm³/mol. The van der Waals surface area contributed by atoms with Crippen molar-refractivity contribution < 1.29 is 17.4 Å². The zero-order chi connectivity index (χ0) is 18.4. The minimum Gasteiger partial charge on any atom is -0.379 e. The zero-order valence-electron chi connectivity index (χ0n) is 14.7. The van der Waals surface area contributed by atoms with Crippen LogP contribution < -0.4 is 9.50 Å². The third kappa shape index (κ3) is 5.06. The SMILES string of the molecule is CCCC(=O)Nc1ccc(S(=O)(=O)Oc2ccccc2C(C)C)cc1. The Balaban J connectivity index is 2.19. The van der Waals surface area contributed by atoms with Crippen LogP contribution in [0.1, 0.15) is 45.1 Å². The molecule has 25 heavy (non-hydrogen) atoms. The predicted octanol–water partition coefficient (Wildman–Crippen LogP) is 4.32. The first-order chi connectivity index (χ1) is 11.8. The van der Waals surface area contributed by atoms with Crippen LogP contribution in [0, 0.1) is 0 Å². The maximum absolute atomic E-state index is 12.5. The first-order valence-corrected chi connectivity index (χ1v) is 9.67. The van der Waals surface area contributed by atoms with Crippen LogP contribution in [0.4, 0.5) is 5.69 Å². The second-order valence-corrected chi connectivity index (χ2v) is 7.60. The van der Waals surface area contributed by atoms with Gasteiger partial charge in [0.1, 0.15) is 10.6 Å². The number of carbonyl (C=O) groups excluding carboxylic acids is 1. The number of hydrogen-bond donors (Lipinski definition) is 1. The normalized spacial score (nSPS) is 11.4. The van der Waals surface area contributed by atoms with E-state index in [1.165, 1.54) is 12.1 Å². The summed E-state index contributed by atoms with van der Waals surface area (Å²) in [7, 11) is -3.94. The van der Waals surface area contributed by atoms with E-state index in [9.17, 15) is 13.2 Å². The number of anilines is 1. The molecule has 0 radical (unpaired) electrons. The third-order valence-corrected chi connectivity index (χ3v) is 4.89. The quantitative estimate of drug-likeness (QED) is 0.746. The first-order valence-electron chi connectivity index (χ1n) is 8.27. The molecule has 2 aromatic rings. The Morgan fingerprint density at radius 3 is 2.32 bits per heavy atom. The van der Waals surface area contributed by atoms with Crippen molar-refractivity contribution in [3.05, 3.63) is 54.1 Å². The number of nitrogens with one attached hydrogen (secondary N) is 1. The van der Waals surface area contributed by atoms with Gasteiger partial charge >= 0.3 is 10.1 Å². The molecule has 0 aromatic heterocycles. The number of hydrogen-bond acceptors (Lipinski definition) is 4. The summed E-state index contributed by atoms with van der Waals surface area (Å²) in [5, 5.41) is 2.72. The van der Waals surface area contributed by atoms with E-state index in [4.69, 9.17) is 4.18 Å². The van der Waals surface area contributed by atoms with Crippen molar-refractivity contribution in [1.29, 1.82) is 0 Å². The number of benzene rings is 2. The standard InChI is InChI=1S/C19H23NO4S/c1-4-7-19(21)20-15-10-12-16(13-11-15)25(22,23)24-18-9-6-5-8-17(18)14(2)3/h5-6,8-14H,4,7H2,1-3H3,(H,20,21). The van der Waals surface area contributed by atoms with E-state index in [1.807, 2.05) is 32.9 Å². The smallest absolute Gasteiger partial charge is 0.339 e. The van der Waals surface area contributed by atoms with Crippen LogP contribution in [0.5, 0.6) is 5.75 Å². The highest BCUT2D eigenvalue weighted by Gasteiger charge is 2.19. The molecule has 0 aliphatic carbocycles. The molecule has 134 valence electrons. The number of carbonyl (C=O) groups is 1. The van der Waals surface area contributed by atoms with Crippen LogP contribution in [-0.2, 0) is 14.9 Å². The number of rotatable bonds is 7. The van der Waals surface area contributed by atoms with E-state index < -0.39 is 10.1 Å². The van der Waals surface area contributed by atoms with Gasteiger partial charge in [-0.15, -0.1) is 0 Å². The molecule has 0 saturated carbocycles. The largest absolute Gasteiger partial charge is 0.379 e. The van der Waals surface area contributed by atoms with Gasteiger partial charge in [0.25, 0.3) is 0 Å². The number of para-hydroxylation sites is 1. The maximum Gasteiger partial charge on any atom is 0.339 e. The highest BCUT2D eigenvalue weighted by molar-refractivity contribution is 7.87. The van der Waals surface area contributed by atoms with Crippen LogP contribution in [-0.4, -0.2) is 14.3 Å². The van der Waals surface area contributed by atoms with Crippen LogP contribution in [0.3, 0.4) is 0 Å². The molecule has 5 nitrogen and oxygen atoms in total. The summed E-state index contributed by atoms with van der Waals surface area (Å²) in [5.41, 5.74) is 1.38. The molecule has 2 rings (SSSR count). The molecule has 0 bridgehead atoms. The molecule has 0 unspecified atom stereocenters. The first kappa shape index (κ1) is 19.0. The van der Waals surface area contributed by atoms with Crippen molar-refractivity contribution in [2.75, 3.05) is 5.32 Å². The van der Waals surface area contributed by atoms with Crippen molar-refractivity contribution in [2.24, 2.45) is 0 Å². The Bertz CT molecular complexity index is 827. The second kappa shape index (κ2) is 8.16. The van der Waals surface area contributed by atoms with Gasteiger partial charge in [-0.25, -0.2) is 0 Å². The maximum atomic E-state index is 12.5. The van der Waals surface area contributed by atoms with Gasteiger partial charge in [0, 0.05) is 12.1 Å². The lowest BCUT2D eigenvalue weighted by Crippen LogP contribution is -2.13. The average molecular weight is 361 g/mol. The summed E-state index contributed by atoms with van der Waals surface area (Å²) in [5.74, 6) is 0.376. The lowest BCUT2D eigenvalue weighted by molar-refractivity contribution is -0.116. The summed E-state index contributed by atoms with van der Waals surface area (Å²) in [6.45, 7) is 5.87. The molecule has 0 saturated heterocycles. The van der Waals surface area contributed by atoms with E-state index in [1.54, 1.807) is 24.3 Å². The van der Waals surface area contributed by atoms with Crippen LogP contribution >= 0.6 is 0 Å². The lowest BCUT2D eigenvalue weighted by atomic mass is 10.0. The Morgan fingerprint density at radius 1 is 1.08 bits per heavy atom. The van der Waals surface area contributed by atoms with Gasteiger partial charge in [0.05, 0.1) is 0 Å². The Morgan fingerprint density at radius 2 is 1.72 bits per heavy atom. The van der Waals surface area contributed by atoms with E-state index in [2.05, 4.69) is 5.32 Å². The molecule has 0 heterocycles. The molecular formula is C19H23NO4S. The molecule has 1 amide bonds. The van der Waals surface area contributed by atoms with Gasteiger partial charge in [-0.1, -0.05) is 39.0 Å². The van der Waals surface area contributed by atoms with Crippen LogP contribution in [0.15, 0.2) is 53.4 Å². The fraction of sp³-hybridized carbons (Fsp3) is 0.316. The molecule has 2 aromatic carbocycles. The van der Waals surface area contributed by atoms with Crippen LogP contribution in [0.2, 0.25) is 0 Å². The Labute approximate surface area is 149 Å². The average Bonchev–Trinajstić information content (AvgIpc) is 2.55. The minimum absolute atomic E-state index is 0.0412. The molecule has 0 atom stereocenters. The summed E-state index contributed by atoms with van der Waals surface area (Å²) >= 11 is 0. The van der Waals surface area contributed by atoms with E-state index >= 15 is 0 Å². The Hall–Kier alpha value is -2.34. The zero-order valence-corrected chi connectivity index (χ0v) is 15.5. The van der Waals surface area contributed by atoms with Crippen molar-refractivity contribution in [2.45, 2.75) is 44.4 Å². The van der Waals surface area contributed by atoms with E-state index in [0.29, 0.717) is 17.9 Å². The molecular weight excluding hydrogens is 338 g/mol. The Kier molecular flexibility index (Phi) is 6.20. The van der Waals surface area contributed by atoms with Gasteiger partial charge in [0.2, 0.25) is 5.91 Å². The molecule has 6 heteroatoms.